The van der Waals surface area contributed by atoms with Crippen molar-refractivity contribution in [2.45, 2.75) is 39.2 Å². The molecule has 4 rings (SSSR count). The van der Waals surface area contributed by atoms with Crippen LogP contribution in [0.4, 0.5) is 23.3 Å². The number of anilines is 4. The average molecular weight is 424 g/mol. The van der Waals surface area contributed by atoms with Crippen LogP contribution in [0.2, 0.25) is 0 Å². The summed E-state index contributed by atoms with van der Waals surface area (Å²) in [4.78, 5) is 17.6. The molecular formula is C21H29N9O. The Balaban J connectivity index is 1.41. The van der Waals surface area contributed by atoms with E-state index < -0.39 is 6.23 Å². The first kappa shape index (κ1) is 20.9. The summed E-state index contributed by atoms with van der Waals surface area (Å²) < 4.78 is 1.89. The fraction of sp³-hybridized carbons (Fsp3) is 0.429. The first-order valence-electron chi connectivity index (χ1n) is 10.3. The highest BCUT2D eigenvalue weighted by atomic mass is 16.3. The summed E-state index contributed by atoms with van der Waals surface area (Å²) in [5.41, 5.74) is 3.68. The minimum absolute atomic E-state index is 0.0887. The molecule has 1 aliphatic heterocycles. The van der Waals surface area contributed by atoms with Gasteiger partial charge in [0.1, 0.15) is 17.7 Å². The number of aryl methyl sites for hydroxylation is 1. The number of nitrogens with zero attached hydrogens (tertiary/aromatic N) is 7. The van der Waals surface area contributed by atoms with E-state index in [1.54, 1.807) is 0 Å². The van der Waals surface area contributed by atoms with Gasteiger partial charge < -0.3 is 25.5 Å². The quantitative estimate of drug-likeness (QED) is 0.546. The molecule has 1 unspecified atom stereocenters. The van der Waals surface area contributed by atoms with Gasteiger partial charge in [-0.1, -0.05) is 6.07 Å². The zero-order chi connectivity index (χ0) is 22.1. The van der Waals surface area contributed by atoms with Crippen molar-refractivity contribution in [2.24, 2.45) is 0 Å². The SMILES string of the molecule is Cc1nc(NCc2cnn(Cc3ccc(N(C)C)nc3)c2)nc2c1NC(O)[C@H](C)N2C. The number of fused-ring (bicyclic) bond motifs is 1. The number of aliphatic hydroxyl groups is 1. The first-order valence-corrected chi connectivity index (χ1v) is 10.3. The second-order valence-corrected chi connectivity index (χ2v) is 8.09. The lowest BCUT2D eigenvalue weighted by atomic mass is 10.1. The number of likely N-dealkylation sites (N-methyl/N-ethyl adjacent to an activating group) is 1. The molecule has 0 radical (unpaired) electrons. The van der Waals surface area contributed by atoms with Crippen molar-refractivity contribution in [3.63, 3.8) is 0 Å². The Morgan fingerprint density at radius 3 is 2.71 bits per heavy atom. The van der Waals surface area contributed by atoms with E-state index in [2.05, 4.69) is 36.8 Å². The highest BCUT2D eigenvalue weighted by Crippen LogP contribution is 2.33. The summed E-state index contributed by atoms with van der Waals surface area (Å²) in [6.45, 7) is 5.07. The molecule has 0 saturated carbocycles. The standard InChI is InChI=1S/C21H29N9O/c1-13-18-19(29(5)14(2)20(31)26-18)27-21(25-13)23-9-16-10-24-30(12-16)11-15-6-7-17(22-8-15)28(3)4/h6-8,10,12,14,20,26,31H,9,11H2,1-5H3,(H,23,25,27)/t14-,20?/m0/s1. The normalized spacial score (nSPS) is 17.8. The molecule has 10 heteroatoms. The Kier molecular flexibility index (Phi) is 5.64. The second-order valence-electron chi connectivity index (χ2n) is 8.09. The van der Waals surface area contributed by atoms with Crippen LogP contribution in [0.3, 0.4) is 0 Å². The third-order valence-corrected chi connectivity index (χ3v) is 5.51. The molecule has 0 fully saturated rings. The van der Waals surface area contributed by atoms with Gasteiger partial charge in [-0.05, 0) is 25.5 Å². The number of rotatable bonds is 6. The largest absolute Gasteiger partial charge is 0.372 e. The zero-order valence-electron chi connectivity index (χ0n) is 18.5. The van der Waals surface area contributed by atoms with E-state index >= 15 is 0 Å². The maximum atomic E-state index is 10.1. The smallest absolute Gasteiger partial charge is 0.225 e. The van der Waals surface area contributed by atoms with Crippen molar-refractivity contribution in [1.82, 2.24) is 24.7 Å². The summed E-state index contributed by atoms with van der Waals surface area (Å²) in [5.74, 6) is 2.25. The maximum absolute atomic E-state index is 10.1. The molecule has 2 atom stereocenters. The van der Waals surface area contributed by atoms with Crippen LogP contribution in [0, 0.1) is 6.92 Å². The van der Waals surface area contributed by atoms with Crippen LogP contribution in [-0.2, 0) is 13.1 Å². The molecule has 1 aliphatic rings. The van der Waals surface area contributed by atoms with Crippen molar-refractivity contribution < 1.29 is 5.11 Å². The van der Waals surface area contributed by atoms with Crippen LogP contribution >= 0.6 is 0 Å². The Bertz CT molecular complexity index is 1050. The predicted octanol–water partition coefficient (Wildman–Crippen LogP) is 1.67. The van der Waals surface area contributed by atoms with Crippen molar-refractivity contribution >= 4 is 23.3 Å². The molecule has 10 nitrogen and oxygen atoms in total. The highest BCUT2D eigenvalue weighted by Gasteiger charge is 2.30. The third kappa shape index (κ3) is 4.38. The summed E-state index contributed by atoms with van der Waals surface area (Å²) in [6, 6.07) is 3.98. The molecule has 0 amide bonds. The molecule has 3 aromatic heterocycles. The molecule has 3 N–H and O–H groups in total. The Hall–Kier alpha value is -3.40. The van der Waals surface area contributed by atoms with Gasteiger partial charge in [-0.2, -0.15) is 10.1 Å². The molecule has 0 saturated heterocycles. The van der Waals surface area contributed by atoms with Gasteiger partial charge in [-0.3, -0.25) is 4.68 Å². The fourth-order valence-electron chi connectivity index (χ4n) is 3.46. The van der Waals surface area contributed by atoms with Crippen molar-refractivity contribution in [2.75, 3.05) is 41.6 Å². The Morgan fingerprint density at radius 2 is 2.00 bits per heavy atom. The van der Waals surface area contributed by atoms with E-state index in [9.17, 15) is 5.11 Å². The number of hydrogen-bond acceptors (Lipinski definition) is 9. The van der Waals surface area contributed by atoms with Crippen LogP contribution in [0.1, 0.15) is 23.7 Å². The van der Waals surface area contributed by atoms with Crippen molar-refractivity contribution in [1.29, 1.82) is 0 Å². The number of aliphatic hydroxyl groups excluding tert-OH is 1. The molecule has 0 aromatic carbocycles. The van der Waals surface area contributed by atoms with E-state index in [1.807, 2.05) is 74.1 Å². The van der Waals surface area contributed by atoms with E-state index in [1.165, 1.54) is 0 Å². The lowest BCUT2D eigenvalue weighted by molar-refractivity contribution is 0.172. The lowest BCUT2D eigenvalue weighted by Crippen LogP contribution is -2.48. The van der Waals surface area contributed by atoms with E-state index in [-0.39, 0.29) is 6.04 Å². The second kappa shape index (κ2) is 8.38. The van der Waals surface area contributed by atoms with E-state index in [0.29, 0.717) is 19.0 Å². The monoisotopic (exact) mass is 423 g/mol. The van der Waals surface area contributed by atoms with Gasteiger partial charge in [0.05, 0.1) is 24.5 Å². The predicted molar refractivity (Wildman–Crippen MR) is 121 cm³/mol. The number of pyridine rings is 1. The van der Waals surface area contributed by atoms with Gasteiger partial charge in [0.25, 0.3) is 0 Å². The molecule has 0 aliphatic carbocycles. The molecule has 3 aromatic rings. The van der Waals surface area contributed by atoms with Crippen molar-refractivity contribution in [3.8, 4) is 0 Å². The number of aromatic nitrogens is 5. The summed E-state index contributed by atoms with van der Waals surface area (Å²) in [6.07, 6.45) is 5.07. The highest BCUT2D eigenvalue weighted by molar-refractivity contribution is 5.72. The molecule has 31 heavy (non-hydrogen) atoms. The fourth-order valence-corrected chi connectivity index (χ4v) is 3.46. The molecular weight excluding hydrogens is 394 g/mol. The summed E-state index contributed by atoms with van der Waals surface area (Å²) in [5, 5.41) is 21.0. The number of nitrogens with one attached hydrogen (secondary N) is 2. The maximum Gasteiger partial charge on any atom is 0.225 e. The van der Waals surface area contributed by atoms with Crippen LogP contribution < -0.4 is 20.4 Å². The van der Waals surface area contributed by atoms with Gasteiger partial charge in [0.2, 0.25) is 5.95 Å². The summed E-state index contributed by atoms with van der Waals surface area (Å²) >= 11 is 0. The van der Waals surface area contributed by atoms with Crippen LogP contribution in [0.25, 0.3) is 0 Å². The number of hydrogen-bond donors (Lipinski definition) is 3. The van der Waals surface area contributed by atoms with Gasteiger partial charge in [0.15, 0.2) is 5.82 Å². The van der Waals surface area contributed by atoms with Crippen molar-refractivity contribution in [3.05, 3.63) is 47.5 Å². The molecule has 164 valence electrons. The molecule has 0 bridgehead atoms. The first-order chi connectivity index (χ1) is 14.8. The van der Waals surface area contributed by atoms with Crippen LogP contribution in [0.5, 0.6) is 0 Å². The van der Waals surface area contributed by atoms with Gasteiger partial charge >= 0.3 is 0 Å². The minimum Gasteiger partial charge on any atom is -0.372 e. The lowest BCUT2D eigenvalue weighted by Gasteiger charge is -2.37. The Morgan fingerprint density at radius 1 is 1.19 bits per heavy atom. The molecule has 0 spiro atoms. The third-order valence-electron chi connectivity index (χ3n) is 5.51. The molecule has 4 heterocycles. The van der Waals surface area contributed by atoms with Crippen LogP contribution in [-0.4, -0.2) is 63.3 Å². The van der Waals surface area contributed by atoms with Gasteiger partial charge in [-0.25, -0.2) is 9.97 Å². The minimum atomic E-state index is -0.654. The zero-order valence-corrected chi connectivity index (χ0v) is 18.5. The summed E-state index contributed by atoms with van der Waals surface area (Å²) in [7, 11) is 5.87. The average Bonchev–Trinajstić information content (AvgIpc) is 3.19. The Labute approximate surface area is 182 Å². The van der Waals surface area contributed by atoms with Gasteiger partial charge in [0, 0.05) is 45.6 Å². The van der Waals surface area contributed by atoms with Gasteiger partial charge in [-0.15, -0.1) is 0 Å². The topological polar surface area (TPSA) is 107 Å². The van der Waals surface area contributed by atoms with E-state index in [0.717, 1.165) is 34.1 Å². The van der Waals surface area contributed by atoms with E-state index in [4.69, 9.17) is 0 Å². The van der Waals surface area contributed by atoms with Crippen LogP contribution in [0.15, 0.2) is 30.7 Å².